The van der Waals surface area contributed by atoms with Gasteiger partial charge < -0.3 is 10.2 Å². The highest BCUT2D eigenvalue weighted by atomic mass is 35.5. The average Bonchev–Trinajstić information content (AvgIpc) is 2.66. The number of benzene rings is 2. The van der Waals surface area contributed by atoms with Crippen LogP contribution >= 0.6 is 23.2 Å². The van der Waals surface area contributed by atoms with Crippen LogP contribution in [0.1, 0.15) is 31.4 Å². The van der Waals surface area contributed by atoms with E-state index in [1.807, 2.05) is 43.3 Å². The maximum absolute atomic E-state index is 13.0. The smallest absolute Gasteiger partial charge is 0.242 e. The predicted molar refractivity (Wildman–Crippen MR) is 110 cm³/mol. The normalized spacial score (nSPS) is 11.7. The molecule has 2 amide bonds. The zero-order valence-electron chi connectivity index (χ0n) is 15.5. The van der Waals surface area contributed by atoms with Gasteiger partial charge in [0.05, 0.1) is 0 Å². The van der Waals surface area contributed by atoms with E-state index in [2.05, 4.69) is 5.32 Å². The van der Waals surface area contributed by atoms with Gasteiger partial charge in [-0.2, -0.15) is 0 Å². The molecule has 0 spiro atoms. The minimum absolute atomic E-state index is 0.117. The number of halogens is 2. The number of aryl methyl sites for hydroxylation is 1. The molecule has 0 aliphatic carbocycles. The van der Waals surface area contributed by atoms with Crippen LogP contribution in [0.25, 0.3) is 0 Å². The molecule has 0 aliphatic rings. The van der Waals surface area contributed by atoms with Crippen LogP contribution in [0.3, 0.4) is 0 Å². The zero-order chi connectivity index (χ0) is 19.8. The van der Waals surface area contributed by atoms with Gasteiger partial charge in [0, 0.05) is 29.6 Å². The van der Waals surface area contributed by atoms with Crippen molar-refractivity contribution in [3.63, 3.8) is 0 Å². The second-order valence-electron chi connectivity index (χ2n) is 6.28. The summed E-state index contributed by atoms with van der Waals surface area (Å²) >= 11 is 12.4. The van der Waals surface area contributed by atoms with Gasteiger partial charge in [-0.3, -0.25) is 9.59 Å². The summed E-state index contributed by atoms with van der Waals surface area (Å²) in [5.41, 5.74) is 1.72. The van der Waals surface area contributed by atoms with Gasteiger partial charge in [-0.25, -0.2) is 0 Å². The van der Waals surface area contributed by atoms with Crippen molar-refractivity contribution in [2.75, 3.05) is 6.54 Å². The highest BCUT2D eigenvalue weighted by molar-refractivity contribution is 6.31. The molecule has 0 unspecified atom stereocenters. The lowest BCUT2D eigenvalue weighted by Crippen LogP contribution is -2.47. The molecule has 2 aromatic rings. The van der Waals surface area contributed by atoms with Gasteiger partial charge in [0.15, 0.2) is 0 Å². The first-order valence-corrected chi connectivity index (χ1v) is 9.73. The molecule has 0 saturated carbocycles. The molecule has 0 aliphatic heterocycles. The lowest BCUT2D eigenvalue weighted by molar-refractivity contribution is -0.140. The van der Waals surface area contributed by atoms with E-state index in [0.717, 1.165) is 11.1 Å². The third kappa shape index (κ3) is 5.98. The van der Waals surface area contributed by atoms with Crippen molar-refractivity contribution >= 4 is 35.0 Å². The van der Waals surface area contributed by atoms with Gasteiger partial charge in [-0.15, -0.1) is 0 Å². The second-order valence-corrected chi connectivity index (χ2v) is 7.09. The van der Waals surface area contributed by atoms with Crippen LogP contribution in [0.15, 0.2) is 48.5 Å². The maximum Gasteiger partial charge on any atom is 0.242 e. The Kier molecular flexibility index (Phi) is 8.14. The van der Waals surface area contributed by atoms with E-state index in [0.29, 0.717) is 23.0 Å². The van der Waals surface area contributed by atoms with Crippen molar-refractivity contribution in [1.82, 2.24) is 10.2 Å². The molecule has 2 rings (SSSR count). The molecule has 1 atom stereocenters. The molecule has 6 heteroatoms. The van der Waals surface area contributed by atoms with Gasteiger partial charge in [-0.05, 0) is 43.5 Å². The zero-order valence-corrected chi connectivity index (χ0v) is 17.1. The first-order valence-electron chi connectivity index (χ1n) is 8.98. The molecule has 2 aromatic carbocycles. The summed E-state index contributed by atoms with van der Waals surface area (Å²) < 4.78 is 0. The second kappa shape index (κ2) is 10.3. The summed E-state index contributed by atoms with van der Waals surface area (Å²) in [5.74, 6) is -0.302. The Balaban J connectivity index is 2.17. The quantitative estimate of drug-likeness (QED) is 0.702. The van der Waals surface area contributed by atoms with Crippen molar-refractivity contribution in [2.24, 2.45) is 0 Å². The monoisotopic (exact) mass is 406 g/mol. The summed E-state index contributed by atoms with van der Waals surface area (Å²) in [6.07, 6.45) is 0.775. The lowest BCUT2D eigenvalue weighted by Gasteiger charge is -2.29. The fourth-order valence-corrected chi connectivity index (χ4v) is 3.23. The molecule has 0 bridgehead atoms. The van der Waals surface area contributed by atoms with Crippen LogP contribution < -0.4 is 5.32 Å². The Labute approximate surface area is 170 Å². The maximum atomic E-state index is 13.0. The summed E-state index contributed by atoms with van der Waals surface area (Å²) in [5, 5.41) is 3.99. The number of amides is 2. The van der Waals surface area contributed by atoms with Gasteiger partial charge in [0.2, 0.25) is 11.8 Å². The van der Waals surface area contributed by atoms with Crippen LogP contribution in [0, 0.1) is 0 Å². The molecular weight excluding hydrogens is 383 g/mol. The van der Waals surface area contributed by atoms with E-state index in [4.69, 9.17) is 23.2 Å². The molecule has 1 N–H and O–H groups in total. The van der Waals surface area contributed by atoms with Crippen LogP contribution in [0.2, 0.25) is 10.0 Å². The van der Waals surface area contributed by atoms with Gasteiger partial charge in [0.1, 0.15) is 6.04 Å². The summed E-state index contributed by atoms with van der Waals surface area (Å²) in [6.45, 7) is 4.37. The van der Waals surface area contributed by atoms with Crippen molar-refractivity contribution in [1.29, 1.82) is 0 Å². The highest BCUT2D eigenvalue weighted by Crippen LogP contribution is 2.21. The third-order valence-electron chi connectivity index (χ3n) is 4.38. The van der Waals surface area contributed by atoms with Crippen molar-refractivity contribution in [2.45, 2.75) is 39.3 Å². The van der Waals surface area contributed by atoms with Crippen molar-refractivity contribution < 1.29 is 9.59 Å². The Morgan fingerprint density at radius 3 is 2.11 bits per heavy atom. The van der Waals surface area contributed by atoms with E-state index in [1.54, 1.807) is 24.0 Å². The minimum atomic E-state index is -0.597. The van der Waals surface area contributed by atoms with Gasteiger partial charge >= 0.3 is 0 Å². The summed E-state index contributed by atoms with van der Waals surface area (Å²) in [7, 11) is 0. The topological polar surface area (TPSA) is 49.4 Å². The molecular formula is C21H24Cl2N2O2. The Bertz CT molecular complexity index is 795. The molecule has 0 heterocycles. The third-order valence-corrected chi connectivity index (χ3v) is 5.12. The number of carbonyl (C=O) groups excluding carboxylic acids is 2. The van der Waals surface area contributed by atoms with Crippen LogP contribution in [0.5, 0.6) is 0 Å². The number of likely N-dealkylation sites (N-methyl/N-ethyl adjacent to an activating group) is 1. The number of hydrogen-bond acceptors (Lipinski definition) is 2. The Morgan fingerprint density at radius 1 is 1.00 bits per heavy atom. The van der Waals surface area contributed by atoms with Crippen molar-refractivity contribution in [3.05, 3.63) is 69.7 Å². The van der Waals surface area contributed by atoms with Crippen LogP contribution in [-0.4, -0.2) is 29.3 Å². The van der Waals surface area contributed by atoms with E-state index in [-0.39, 0.29) is 24.8 Å². The molecule has 0 fully saturated rings. The molecule has 0 radical (unpaired) electrons. The SMILES string of the molecule is CCNC(=O)[C@@H](C)N(Cc1ccccc1Cl)C(=O)CCc1ccccc1Cl. The molecule has 27 heavy (non-hydrogen) atoms. The first kappa shape index (κ1) is 21.3. The fraction of sp³-hybridized carbons (Fsp3) is 0.333. The van der Waals surface area contributed by atoms with Crippen molar-refractivity contribution in [3.8, 4) is 0 Å². The highest BCUT2D eigenvalue weighted by Gasteiger charge is 2.26. The van der Waals surface area contributed by atoms with Gasteiger partial charge in [-0.1, -0.05) is 59.6 Å². The molecule has 0 saturated heterocycles. The predicted octanol–water partition coefficient (Wildman–Crippen LogP) is 4.48. The molecule has 144 valence electrons. The van der Waals surface area contributed by atoms with Gasteiger partial charge in [0.25, 0.3) is 0 Å². The number of hydrogen-bond donors (Lipinski definition) is 1. The standard InChI is InChI=1S/C21H24Cl2N2O2/c1-3-24-21(27)15(2)25(14-17-9-5-7-11-19(17)23)20(26)13-12-16-8-4-6-10-18(16)22/h4-11,15H,3,12-14H2,1-2H3,(H,24,27)/t15-/m1/s1. The fourth-order valence-electron chi connectivity index (χ4n) is 2.80. The van der Waals surface area contributed by atoms with Crippen LogP contribution in [0.4, 0.5) is 0 Å². The number of nitrogens with one attached hydrogen (secondary N) is 1. The Morgan fingerprint density at radius 2 is 1.56 bits per heavy atom. The minimum Gasteiger partial charge on any atom is -0.355 e. The van der Waals surface area contributed by atoms with Crippen LogP contribution in [-0.2, 0) is 22.6 Å². The first-order chi connectivity index (χ1) is 12.9. The Hall–Kier alpha value is -2.04. The van der Waals surface area contributed by atoms with E-state index >= 15 is 0 Å². The number of rotatable bonds is 8. The summed E-state index contributed by atoms with van der Waals surface area (Å²) in [6, 6.07) is 14.2. The number of carbonyl (C=O) groups is 2. The summed E-state index contributed by atoms with van der Waals surface area (Å²) in [4.78, 5) is 26.9. The molecule has 0 aromatic heterocycles. The van der Waals surface area contributed by atoms with E-state index < -0.39 is 6.04 Å². The number of nitrogens with zero attached hydrogens (tertiary/aromatic N) is 1. The van der Waals surface area contributed by atoms with E-state index in [1.165, 1.54) is 0 Å². The van der Waals surface area contributed by atoms with E-state index in [9.17, 15) is 9.59 Å². The largest absolute Gasteiger partial charge is 0.355 e. The lowest BCUT2D eigenvalue weighted by atomic mass is 10.1. The average molecular weight is 407 g/mol. The molecule has 4 nitrogen and oxygen atoms in total.